The molecule has 2 aromatic rings. The largest absolute Gasteiger partial charge is 0.416 e. The third-order valence-corrected chi connectivity index (χ3v) is 4.62. The molecule has 0 bridgehead atoms. The van der Waals surface area contributed by atoms with E-state index in [4.69, 9.17) is 0 Å². The van der Waals surface area contributed by atoms with Crippen LogP contribution in [0.4, 0.5) is 13.2 Å². The number of benzene rings is 2. The first-order valence-corrected chi connectivity index (χ1v) is 8.70. The molecule has 0 atom stereocenters. The first-order valence-electron chi connectivity index (χ1n) is 7.62. The summed E-state index contributed by atoms with van der Waals surface area (Å²) in [7, 11) is 1.40. The quantitative estimate of drug-likeness (QED) is 0.670. The number of nitrogens with zero attached hydrogens (tertiary/aromatic N) is 1. The third-order valence-electron chi connectivity index (χ3n) is 3.67. The maximum absolute atomic E-state index is 13.0. The van der Waals surface area contributed by atoms with E-state index in [-0.39, 0.29) is 18.7 Å². The van der Waals surface area contributed by atoms with Crippen LogP contribution in [0.1, 0.15) is 21.5 Å². The maximum Gasteiger partial charge on any atom is 0.416 e. The summed E-state index contributed by atoms with van der Waals surface area (Å²) in [5.41, 5.74) is -0.340. The molecule has 0 saturated heterocycles. The smallest absolute Gasteiger partial charge is 0.343 e. The molecule has 26 heavy (non-hydrogen) atoms. The molecule has 0 unspecified atom stereocenters. The first kappa shape index (κ1) is 20.2. The Labute approximate surface area is 162 Å². The van der Waals surface area contributed by atoms with Crippen LogP contribution in [0.2, 0.25) is 0 Å². The molecule has 0 aliphatic rings. The van der Waals surface area contributed by atoms with Crippen LogP contribution in [-0.2, 0) is 17.5 Å². The number of halogens is 4. The molecule has 4 nitrogen and oxygen atoms in total. The van der Waals surface area contributed by atoms with E-state index < -0.39 is 23.6 Å². The van der Waals surface area contributed by atoms with Gasteiger partial charge in [-0.05, 0) is 46.4 Å². The van der Waals surface area contributed by atoms with Crippen molar-refractivity contribution in [3.63, 3.8) is 0 Å². The molecule has 2 rings (SSSR count). The molecule has 0 fully saturated rings. The van der Waals surface area contributed by atoms with Crippen LogP contribution in [0.15, 0.2) is 48.5 Å². The Morgan fingerprint density at radius 3 is 2.35 bits per heavy atom. The van der Waals surface area contributed by atoms with E-state index in [1.54, 1.807) is 24.3 Å². The standard InChI is InChI=1S/C18H16F3IN2O2/c1-24(11-12-6-2-4-8-14(12)18(19,20)21)16(25)10-23-17(26)13-7-3-5-9-15(13)22/h2-9H,10-11H2,1H3,(H,23,26). The maximum atomic E-state index is 13.0. The SMILES string of the molecule is CN(Cc1ccccc1C(F)(F)F)C(=O)CNC(=O)c1ccccc1I. The van der Waals surface area contributed by atoms with Gasteiger partial charge >= 0.3 is 6.18 Å². The number of hydrogen-bond donors (Lipinski definition) is 1. The van der Waals surface area contributed by atoms with Crippen LogP contribution in [0.3, 0.4) is 0 Å². The lowest BCUT2D eigenvalue weighted by Gasteiger charge is -2.20. The Balaban J connectivity index is 1.99. The summed E-state index contributed by atoms with van der Waals surface area (Å²) in [5.74, 6) is -0.895. The summed E-state index contributed by atoms with van der Waals surface area (Å²) >= 11 is 2.01. The molecule has 138 valence electrons. The Bertz CT molecular complexity index is 809. The van der Waals surface area contributed by atoms with Crippen molar-refractivity contribution in [2.75, 3.05) is 13.6 Å². The number of nitrogens with one attached hydrogen (secondary N) is 1. The number of alkyl halides is 3. The van der Waals surface area contributed by atoms with Crippen LogP contribution in [0.5, 0.6) is 0 Å². The molecule has 0 aliphatic heterocycles. The zero-order valence-electron chi connectivity index (χ0n) is 13.8. The number of carbonyl (C=O) groups excluding carboxylic acids is 2. The topological polar surface area (TPSA) is 49.4 Å². The molecular weight excluding hydrogens is 460 g/mol. The van der Waals surface area contributed by atoms with Crippen molar-refractivity contribution in [1.82, 2.24) is 10.2 Å². The fourth-order valence-electron chi connectivity index (χ4n) is 2.31. The van der Waals surface area contributed by atoms with E-state index >= 15 is 0 Å². The zero-order valence-corrected chi connectivity index (χ0v) is 16.0. The van der Waals surface area contributed by atoms with Gasteiger partial charge in [-0.25, -0.2) is 0 Å². The van der Waals surface area contributed by atoms with Gasteiger partial charge < -0.3 is 10.2 Å². The second kappa shape index (κ2) is 8.52. The Kier molecular flexibility index (Phi) is 6.63. The van der Waals surface area contributed by atoms with Crippen molar-refractivity contribution in [2.24, 2.45) is 0 Å². The highest BCUT2D eigenvalue weighted by Gasteiger charge is 2.33. The normalized spacial score (nSPS) is 11.1. The molecule has 2 amide bonds. The minimum Gasteiger partial charge on any atom is -0.343 e. The minimum absolute atomic E-state index is 0.000200. The summed E-state index contributed by atoms with van der Waals surface area (Å²) in [6.07, 6.45) is -4.49. The predicted octanol–water partition coefficient (Wildman–Crippen LogP) is 3.70. The van der Waals surface area contributed by atoms with E-state index in [0.29, 0.717) is 5.56 Å². The zero-order chi connectivity index (χ0) is 19.3. The van der Waals surface area contributed by atoms with E-state index in [0.717, 1.165) is 14.5 Å². The molecule has 0 spiro atoms. The number of carbonyl (C=O) groups is 2. The number of likely N-dealkylation sites (N-methyl/N-ethyl adjacent to an activating group) is 1. The van der Waals surface area contributed by atoms with Gasteiger partial charge in [-0.1, -0.05) is 30.3 Å². The molecule has 8 heteroatoms. The van der Waals surface area contributed by atoms with Crippen molar-refractivity contribution < 1.29 is 22.8 Å². The van der Waals surface area contributed by atoms with Crippen molar-refractivity contribution >= 4 is 34.4 Å². The number of rotatable bonds is 5. The van der Waals surface area contributed by atoms with Gasteiger partial charge in [0.05, 0.1) is 17.7 Å². The summed E-state index contributed by atoms with van der Waals surface area (Å²) in [4.78, 5) is 25.4. The lowest BCUT2D eigenvalue weighted by molar-refractivity contribution is -0.139. The highest BCUT2D eigenvalue weighted by Crippen LogP contribution is 2.32. The fraction of sp³-hybridized carbons (Fsp3) is 0.222. The fourth-order valence-corrected chi connectivity index (χ4v) is 2.94. The van der Waals surface area contributed by atoms with Gasteiger partial charge in [0.1, 0.15) is 0 Å². The van der Waals surface area contributed by atoms with Gasteiger partial charge in [0.15, 0.2) is 0 Å². The van der Waals surface area contributed by atoms with Crippen LogP contribution in [0, 0.1) is 3.57 Å². The van der Waals surface area contributed by atoms with Crippen LogP contribution < -0.4 is 5.32 Å². The van der Waals surface area contributed by atoms with Crippen molar-refractivity contribution in [3.05, 3.63) is 68.8 Å². The average Bonchev–Trinajstić information content (AvgIpc) is 2.59. The second-order valence-corrected chi connectivity index (χ2v) is 6.73. The second-order valence-electron chi connectivity index (χ2n) is 5.57. The summed E-state index contributed by atoms with van der Waals surface area (Å²) in [6, 6.07) is 12.0. The van der Waals surface area contributed by atoms with Gasteiger partial charge in [-0.2, -0.15) is 13.2 Å². The summed E-state index contributed by atoms with van der Waals surface area (Å²) in [5, 5.41) is 2.49. The minimum atomic E-state index is -4.49. The van der Waals surface area contributed by atoms with Crippen molar-refractivity contribution in [2.45, 2.75) is 12.7 Å². The Hall–Kier alpha value is -2.10. The molecule has 0 saturated carbocycles. The average molecular weight is 476 g/mol. The lowest BCUT2D eigenvalue weighted by atomic mass is 10.1. The molecule has 1 N–H and O–H groups in total. The predicted molar refractivity (Wildman–Crippen MR) is 99.4 cm³/mol. The van der Waals surface area contributed by atoms with E-state index in [1.165, 1.54) is 25.2 Å². The highest BCUT2D eigenvalue weighted by molar-refractivity contribution is 14.1. The first-order chi connectivity index (χ1) is 12.2. The molecular formula is C18H16F3IN2O2. The Morgan fingerprint density at radius 1 is 1.08 bits per heavy atom. The summed E-state index contributed by atoms with van der Waals surface area (Å²) < 4.78 is 39.8. The Morgan fingerprint density at radius 2 is 1.69 bits per heavy atom. The third kappa shape index (κ3) is 5.20. The van der Waals surface area contributed by atoms with Gasteiger partial charge in [-0.3, -0.25) is 9.59 Å². The van der Waals surface area contributed by atoms with Crippen molar-refractivity contribution in [3.8, 4) is 0 Å². The van der Waals surface area contributed by atoms with E-state index in [9.17, 15) is 22.8 Å². The van der Waals surface area contributed by atoms with Gasteiger partial charge in [0, 0.05) is 17.2 Å². The molecule has 0 aliphatic carbocycles. The summed E-state index contributed by atoms with van der Waals surface area (Å²) in [6.45, 7) is -0.498. The van der Waals surface area contributed by atoms with Crippen LogP contribution in [-0.4, -0.2) is 30.3 Å². The molecule has 0 heterocycles. The molecule has 2 aromatic carbocycles. The van der Waals surface area contributed by atoms with Gasteiger partial charge in [0.2, 0.25) is 5.91 Å². The van der Waals surface area contributed by atoms with E-state index in [1.807, 2.05) is 22.6 Å². The van der Waals surface area contributed by atoms with Crippen LogP contribution >= 0.6 is 22.6 Å². The number of hydrogen-bond acceptors (Lipinski definition) is 2. The molecule has 0 aromatic heterocycles. The van der Waals surface area contributed by atoms with Crippen molar-refractivity contribution in [1.29, 1.82) is 0 Å². The van der Waals surface area contributed by atoms with Crippen LogP contribution in [0.25, 0.3) is 0 Å². The molecule has 0 radical (unpaired) electrons. The monoisotopic (exact) mass is 476 g/mol. The lowest BCUT2D eigenvalue weighted by Crippen LogP contribution is -2.38. The van der Waals surface area contributed by atoms with Gasteiger partial charge in [-0.15, -0.1) is 0 Å². The van der Waals surface area contributed by atoms with E-state index in [2.05, 4.69) is 5.32 Å². The highest BCUT2D eigenvalue weighted by atomic mass is 127. The number of amides is 2. The van der Waals surface area contributed by atoms with Gasteiger partial charge in [0.25, 0.3) is 5.91 Å².